The number of phenolic OH excluding ortho intramolecular Hbond substituents is 1. The summed E-state index contributed by atoms with van der Waals surface area (Å²) in [6.07, 6.45) is 1.63. The van der Waals surface area contributed by atoms with Crippen LogP contribution < -0.4 is 5.73 Å². The highest BCUT2D eigenvalue weighted by atomic mass is 16.3. The Labute approximate surface area is 65.2 Å². The standard InChI is InChI=1S/C8H10N2O/c1-2-10-8-5-6(11)3-4-7(8)9/h2-5,11H,9H2,1H3. The van der Waals surface area contributed by atoms with E-state index in [1.54, 1.807) is 19.2 Å². The third-order valence-electron chi connectivity index (χ3n) is 1.28. The van der Waals surface area contributed by atoms with Gasteiger partial charge in [0, 0.05) is 12.3 Å². The van der Waals surface area contributed by atoms with Gasteiger partial charge in [0.05, 0.1) is 11.4 Å². The highest BCUT2D eigenvalue weighted by molar-refractivity contribution is 5.70. The van der Waals surface area contributed by atoms with Crippen molar-refractivity contribution in [3.8, 4) is 5.75 Å². The molecule has 0 unspecified atom stereocenters. The number of nitrogens with zero attached hydrogens (tertiary/aromatic N) is 1. The first-order valence-corrected chi connectivity index (χ1v) is 3.31. The van der Waals surface area contributed by atoms with E-state index in [4.69, 9.17) is 10.8 Å². The molecule has 0 fully saturated rings. The van der Waals surface area contributed by atoms with E-state index in [0.29, 0.717) is 11.4 Å². The second-order valence-corrected chi connectivity index (χ2v) is 2.13. The zero-order chi connectivity index (χ0) is 8.27. The van der Waals surface area contributed by atoms with Gasteiger partial charge in [0.2, 0.25) is 0 Å². The number of aromatic hydroxyl groups is 1. The first-order chi connectivity index (χ1) is 5.24. The van der Waals surface area contributed by atoms with E-state index in [1.165, 1.54) is 12.1 Å². The van der Waals surface area contributed by atoms with Gasteiger partial charge >= 0.3 is 0 Å². The van der Waals surface area contributed by atoms with Gasteiger partial charge in [-0.1, -0.05) is 0 Å². The maximum atomic E-state index is 9.03. The Bertz CT molecular complexity index is 281. The number of nitrogen functional groups attached to an aromatic ring is 1. The fourth-order valence-electron chi connectivity index (χ4n) is 0.783. The van der Waals surface area contributed by atoms with Crippen LogP contribution in [0.25, 0.3) is 0 Å². The highest BCUT2D eigenvalue weighted by Gasteiger charge is 1.95. The van der Waals surface area contributed by atoms with Crippen molar-refractivity contribution in [2.45, 2.75) is 6.92 Å². The van der Waals surface area contributed by atoms with E-state index in [2.05, 4.69) is 4.99 Å². The molecule has 58 valence electrons. The molecule has 0 heterocycles. The third kappa shape index (κ3) is 1.70. The zero-order valence-corrected chi connectivity index (χ0v) is 6.28. The minimum absolute atomic E-state index is 0.180. The van der Waals surface area contributed by atoms with E-state index < -0.39 is 0 Å². The van der Waals surface area contributed by atoms with Gasteiger partial charge in [-0.05, 0) is 19.1 Å². The van der Waals surface area contributed by atoms with E-state index in [-0.39, 0.29) is 5.75 Å². The minimum Gasteiger partial charge on any atom is -0.508 e. The number of nitrogens with two attached hydrogens (primary N) is 1. The van der Waals surface area contributed by atoms with Crippen LogP contribution in [-0.4, -0.2) is 11.3 Å². The first kappa shape index (κ1) is 7.60. The van der Waals surface area contributed by atoms with Crippen molar-refractivity contribution in [1.82, 2.24) is 0 Å². The van der Waals surface area contributed by atoms with Gasteiger partial charge in [0.15, 0.2) is 0 Å². The largest absolute Gasteiger partial charge is 0.508 e. The summed E-state index contributed by atoms with van der Waals surface area (Å²) in [5, 5.41) is 9.03. The molecule has 11 heavy (non-hydrogen) atoms. The van der Waals surface area contributed by atoms with Crippen LogP contribution in [0.5, 0.6) is 5.75 Å². The Balaban J connectivity index is 3.12. The molecular weight excluding hydrogens is 140 g/mol. The monoisotopic (exact) mass is 150 g/mol. The van der Waals surface area contributed by atoms with E-state index in [1.807, 2.05) is 0 Å². The molecule has 0 radical (unpaired) electrons. The Morgan fingerprint density at radius 3 is 2.91 bits per heavy atom. The number of rotatable bonds is 1. The average molecular weight is 150 g/mol. The first-order valence-electron chi connectivity index (χ1n) is 3.31. The van der Waals surface area contributed by atoms with E-state index >= 15 is 0 Å². The highest BCUT2D eigenvalue weighted by Crippen LogP contribution is 2.25. The molecule has 3 nitrogen and oxygen atoms in total. The van der Waals surface area contributed by atoms with Crippen LogP contribution in [0, 0.1) is 0 Å². The van der Waals surface area contributed by atoms with Crippen LogP contribution in [-0.2, 0) is 0 Å². The molecule has 0 aliphatic rings. The summed E-state index contributed by atoms with van der Waals surface area (Å²) < 4.78 is 0. The molecule has 1 aromatic carbocycles. The SMILES string of the molecule is CC=Nc1cc(O)ccc1N. The van der Waals surface area contributed by atoms with Gasteiger partial charge in [-0.3, -0.25) is 4.99 Å². The Morgan fingerprint density at radius 2 is 2.27 bits per heavy atom. The molecule has 0 saturated heterocycles. The zero-order valence-electron chi connectivity index (χ0n) is 6.28. The molecule has 1 rings (SSSR count). The number of phenols is 1. The molecule has 0 bridgehead atoms. The lowest BCUT2D eigenvalue weighted by atomic mass is 10.2. The summed E-state index contributed by atoms with van der Waals surface area (Å²) in [7, 11) is 0. The molecule has 0 atom stereocenters. The molecule has 0 amide bonds. The Kier molecular flexibility index (Phi) is 2.11. The Hall–Kier alpha value is -1.51. The van der Waals surface area contributed by atoms with Gasteiger partial charge in [-0.25, -0.2) is 0 Å². The van der Waals surface area contributed by atoms with Gasteiger partial charge in [-0.15, -0.1) is 0 Å². The fourth-order valence-corrected chi connectivity index (χ4v) is 0.783. The molecule has 1 aromatic rings. The molecular formula is C8H10N2O. The smallest absolute Gasteiger partial charge is 0.117 e. The van der Waals surface area contributed by atoms with E-state index in [9.17, 15) is 0 Å². The van der Waals surface area contributed by atoms with Crippen molar-refractivity contribution in [3.05, 3.63) is 18.2 Å². The molecule has 3 N–H and O–H groups in total. The lowest BCUT2D eigenvalue weighted by molar-refractivity contribution is 0.475. The van der Waals surface area contributed by atoms with Crippen molar-refractivity contribution in [1.29, 1.82) is 0 Å². The molecule has 0 aliphatic carbocycles. The molecule has 0 saturated carbocycles. The number of aliphatic imine (C=N–C) groups is 1. The quantitative estimate of drug-likeness (QED) is 0.363. The molecule has 3 heteroatoms. The summed E-state index contributed by atoms with van der Waals surface area (Å²) in [5.74, 6) is 0.180. The predicted octanol–water partition coefficient (Wildman–Crippen LogP) is 1.70. The summed E-state index contributed by atoms with van der Waals surface area (Å²) in [6.45, 7) is 1.80. The lowest BCUT2D eigenvalue weighted by Crippen LogP contribution is -1.83. The second kappa shape index (κ2) is 3.05. The van der Waals surface area contributed by atoms with Crippen molar-refractivity contribution in [2.75, 3.05) is 5.73 Å². The van der Waals surface area contributed by atoms with Gasteiger partial charge < -0.3 is 10.8 Å². The third-order valence-corrected chi connectivity index (χ3v) is 1.28. The predicted molar refractivity (Wildman–Crippen MR) is 46.3 cm³/mol. The number of hydrogen-bond acceptors (Lipinski definition) is 3. The lowest BCUT2D eigenvalue weighted by Gasteiger charge is -1.98. The summed E-state index contributed by atoms with van der Waals surface area (Å²) in [5.41, 5.74) is 6.73. The topological polar surface area (TPSA) is 58.6 Å². The van der Waals surface area contributed by atoms with Crippen molar-refractivity contribution in [2.24, 2.45) is 4.99 Å². The van der Waals surface area contributed by atoms with Gasteiger partial charge in [-0.2, -0.15) is 0 Å². The van der Waals surface area contributed by atoms with Crippen LogP contribution in [0.3, 0.4) is 0 Å². The van der Waals surface area contributed by atoms with Crippen molar-refractivity contribution in [3.63, 3.8) is 0 Å². The van der Waals surface area contributed by atoms with Crippen LogP contribution in [0.4, 0.5) is 11.4 Å². The van der Waals surface area contributed by atoms with Gasteiger partial charge in [0.25, 0.3) is 0 Å². The normalized spacial score (nSPS) is 10.6. The maximum Gasteiger partial charge on any atom is 0.117 e. The van der Waals surface area contributed by atoms with Crippen LogP contribution in [0.1, 0.15) is 6.92 Å². The minimum atomic E-state index is 0.180. The van der Waals surface area contributed by atoms with Crippen LogP contribution in [0.2, 0.25) is 0 Å². The summed E-state index contributed by atoms with van der Waals surface area (Å²) >= 11 is 0. The van der Waals surface area contributed by atoms with Crippen molar-refractivity contribution < 1.29 is 5.11 Å². The fraction of sp³-hybridized carbons (Fsp3) is 0.125. The molecule has 0 aromatic heterocycles. The summed E-state index contributed by atoms with van der Waals surface area (Å²) in [6, 6.07) is 4.68. The average Bonchev–Trinajstić information content (AvgIpc) is 1.98. The number of anilines is 1. The molecule has 0 spiro atoms. The van der Waals surface area contributed by atoms with Gasteiger partial charge in [0.1, 0.15) is 5.75 Å². The van der Waals surface area contributed by atoms with Crippen LogP contribution >= 0.6 is 0 Å². The number of benzene rings is 1. The van der Waals surface area contributed by atoms with E-state index in [0.717, 1.165) is 0 Å². The summed E-state index contributed by atoms with van der Waals surface area (Å²) in [4.78, 5) is 3.96. The molecule has 0 aliphatic heterocycles. The maximum absolute atomic E-state index is 9.03. The van der Waals surface area contributed by atoms with Crippen LogP contribution in [0.15, 0.2) is 23.2 Å². The number of hydrogen-bond donors (Lipinski definition) is 2. The Morgan fingerprint density at radius 1 is 1.55 bits per heavy atom. The van der Waals surface area contributed by atoms with Crippen molar-refractivity contribution >= 4 is 17.6 Å². The second-order valence-electron chi connectivity index (χ2n) is 2.13.